The molecule has 1 aromatic carbocycles. The van der Waals surface area contributed by atoms with E-state index in [0.29, 0.717) is 6.00 Å². The largest absolute Gasteiger partial charge is 0.331 e. The van der Waals surface area contributed by atoms with Crippen LogP contribution in [0.3, 0.4) is 0 Å². The Balaban J connectivity index is 2.20. The van der Waals surface area contributed by atoms with Gasteiger partial charge in [0.25, 0.3) is 0 Å². The average molecular weight is 252 g/mol. The molecule has 2 aromatic rings. The molecule has 0 aliphatic carbocycles. The third-order valence-electron chi connectivity index (χ3n) is 3.16. The summed E-state index contributed by atoms with van der Waals surface area (Å²) in [4.78, 5) is 6.64. The highest BCUT2D eigenvalue weighted by Crippen LogP contribution is 2.16. The molecule has 0 saturated heterocycles. The van der Waals surface area contributed by atoms with Crippen molar-refractivity contribution in [2.45, 2.75) is 13.3 Å². The summed E-state index contributed by atoms with van der Waals surface area (Å²) in [6, 6.07) is 7.06. The number of aryl methyl sites for hydroxylation is 2. The number of halogens is 1. The molecule has 2 rings (SSSR count). The SMILES string of the molecule is Cc1nc2cc(CCN(C)CCl)ccc2n1C. The number of nitrogens with zero attached hydrogens (tertiary/aromatic N) is 3. The van der Waals surface area contributed by atoms with Gasteiger partial charge in [-0.2, -0.15) is 0 Å². The van der Waals surface area contributed by atoms with Crippen LogP contribution in [0.5, 0.6) is 0 Å². The summed E-state index contributed by atoms with van der Waals surface area (Å²) in [6.45, 7) is 3.00. The van der Waals surface area contributed by atoms with E-state index in [1.165, 1.54) is 11.1 Å². The fourth-order valence-corrected chi connectivity index (χ4v) is 2.02. The molecule has 3 nitrogen and oxygen atoms in total. The van der Waals surface area contributed by atoms with E-state index in [1.807, 2.05) is 21.0 Å². The van der Waals surface area contributed by atoms with E-state index in [9.17, 15) is 0 Å². The van der Waals surface area contributed by atoms with E-state index in [-0.39, 0.29) is 0 Å². The van der Waals surface area contributed by atoms with Gasteiger partial charge in [0.1, 0.15) is 5.82 Å². The number of hydrogen-bond donors (Lipinski definition) is 0. The Hall–Kier alpha value is -1.06. The second-order valence-corrected chi connectivity index (χ2v) is 4.73. The molecule has 0 aliphatic heterocycles. The van der Waals surface area contributed by atoms with Crippen LogP contribution >= 0.6 is 11.6 Å². The first kappa shape index (κ1) is 12.4. The maximum atomic E-state index is 5.75. The summed E-state index contributed by atoms with van der Waals surface area (Å²) in [5.74, 6) is 1.05. The Morgan fingerprint density at radius 3 is 2.88 bits per heavy atom. The zero-order valence-electron chi connectivity index (χ0n) is 10.6. The lowest BCUT2D eigenvalue weighted by atomic mass is 10.1. The summed E-state index contributed by atoms with van der Waals surface area (Å²) in [5, 5.41) is 0. The van der Waals surface area contributed by atoms with Gasteiger partial charge in [-0.05, 0) is 38.1 Å². The van der Waals surface area contributed by atoms with Gasteiger partial charge >= 0.3 is 0 Å². The number of rotatable bonds is 4. The van der Waals surface area contributed by atoms with E-state index >= 15 is 0 Å². The van der Waals surface area contributed by atoms with Gasteiger partial charge in [-0.15, -0.1) is 11.6 Å². The maximum Gasteiger partial charge on any atom is 0.106 e. The van der Waals surface area contributed by atoms with Gasteiger partial charge in [0, 0.05) is 13.6 Å². The summed E-state index contributed by atoms with van der Waals surface area (Å²) >= 11 is 5.75. The van der Waals surface area contributed by atoms with Gasteiger partial charge in [-0.1, -0.05) is 6.07 Å². The standard InChI is InChI=1S/C13H18ClN3/c1-10-15-12-8-11(6-7-16(2)9-14)4-5-13(12)17(10)3/h4-5,8H,6-7,9H2,1-3H3. The molecule has 92 valence electrons. The van der Waals surface area contributed by atoms with Gasteiger partial charge in [-0.3, -0.25) is 4.90 Å². The maximum absolute atomic E-state index is 5.75. The van der Waals surface area contributed by atoms with Gasteiger partial charge in [0.05, 0.1) is 17.0 Å². The molecule has 0 spiro atoms. The number of imidazole rings is 1. The number of alkyl halides is 1. The number of hydrogen-bond acceptors (Lipinski definition) is 2. The molecule has 17 heavy (non-hydrogen) atoms. The van der Waals surface area contributed by atoms with E-state index in [1.54, 1.807) is 0 Å². The van der Waals surface area contributed by atoms with Crippen LogP contribution in [-0.4, -0.2) is 34.0 Å². The van der Waals surface area contributed by atoms with Gasteiger partial charge < -0.3 is 4.57 Å². The van der Waals surface area contributed by atoms with E-state index in [0.717, 1.165) is 24.3 Å². The first-order valence-electron chi connectivity index (χ1n) is 5.78. The van der Waals surface area contributed by atoms with Crippen LogP contribution in [0.1, 0.15) is 11.4 Å². The number of likely N-dealkylation sites (N-methyl/N-ethyl adjacent to an activating group) is 1. The molecule has 0 atom stereocenters. The summed E-state index contributed by atoms with van der Waals surface area (Å²) in [5.41, 5.74) is 3.58. The quantitative estimate of drug-likeness (QED) is 0.615. The molecule has 0 aliphatic rings. The predicted octanol–water partition coefficient (Wildman–Crippen LogP) is 2.55. The third kappa shape index (κ3) is 2.61. The Morgan fingerprint density at radius 2 is 2.18 bits per heavy atom. The molecule has 0 bridgehead atoms. The Bertz CT molecular complexity index is 519. The summed E-state index contributed by atoms with van der Waals surface area (Å²) in [7, 11) is 4.07. The smallest absolute Gasteiger partial charge is 0.106 e. The number of fused-ring (bicyclic) bond motifs is 1. The van der Waals surface area contributed by atoms with E-state index < -0.39 is 0 Å². The minimum Gasteiger partial charge on any atom is -0.331 e. The van der Waals surface area contributed by atoms with Gasteiger partial charge in [0.15, 0.2) is 0 Å². The first-order chi connectivity index (χ1) is 8.11. The lowest BCUT2D eigenvalue weighted by molar-refractivity contribution is 0.394. The lowest BCUT2D eigenvalue weighted by Crippen LogP contribution is -2.19. The highest BCUT2D eigenvalue weighted by molar-refractivity contribution is 6.17. The lowest BCUT2D eigenvalue weighted by Gasteiger charge is -2.12. The van der Waals surface area contributed by atoms with Crippen molar-refractivity contribution in [3.8, 4) is 0 Å². The van der Waals surface area contributed by atoms with Crippen molar-refractivity contribution in [1.82, 2.24) is 14.5 Å². The highest BCUT2D eigenvalue weighted by Gasteiger charge is 2.05. The number of benzene rings is 1. The summed E-state index contributed by atoms with van der Waals surface area (Å²) < 4.78 is 2.12. The topological polar surface area (TPSA) is 21.1 Å². The highest BCUT2D eigenvalue weighted by atomic mass is 35.5. The van der Waals surface area contributed by atoms with Crippen molar-refractivity contribution in [3.63, 3.8) is 0 Å². The van der Waals surface area contributed by atoms with Gasteiger partial charge in [0.2, 0.25) is 0 Å². The molecule has 1 aromatic heterocycles. The second-order valence-electron chi connectivity index (χ2n) is 4.49. The zero-order valence-corrected chi connectivity index (χ0v) is 11.3. The van der Waals surface area contributed by atoms with Crippen LogP contribution in [0.2, 0.25) is 0 Å². The summed E-state index contributed by atoms with van der Waals surface area (Å²) in [6.07, 6.45) is 1.01. The van der Waals surface area contributed by atoms with Crippen molar-refractivity contribution < 1.29 is 0 Å². The van der Waals surface area contributed by atoms with E-state index in [4.69, 9.17) is 11.6 Å². The minimum atomic E-state index is 0.574. The molecule has 0 saturated carbocycles. The average Bonchev–Trinajstić information content (AvgIpc) is 2.62. The molecule has 4 heteroatoms. The number of aromatic nitrogens is 2. The van der Waals surface area contributed by atoms with Crippen LogP contribution in [0.4, 0.5) is 0 Å². The van der Waals surface area contributed by atoms with Crippen LogP contribution < -0.4 is 0 Å². The zero-order chi connectivity index (χ0) is 12.4. The van der Waals surface area contributed by atoms with Crippen LogP contribution in [0.25, 0.3) is 11.0 Å². The third-order valence-corrected chi connectivity index (χ3v) is 3.56. The fourth-order valence-electron chi connectivity index (χ4n) is 1.90. The van der Waals surface area contributed by atoms with Crippen LogP contribution in [-0.2, 0) is 13.5 Å². The Labute approximate surface area is 107 Å². The normalized spacial score (nSPS) is 11.6. The Kier molecular flexibility index (Phi) is 3.69. The molecule has 0 fully saturated rings. The molecule has 1 heterocycles. The van der Waals surface area contributed by atoms with Crippen molar-refractivity contribution >= 4 is 22.6 Å². The first-order valence-corrected chi connectivity index (χ1v) is 6.31. The minimum absolute atomic E-state index is 0.574. The molecule has 0 amide bonds. The monoisotopic (exact) mass is 251 g/mol. The Morgan fingerprint density at radius 1 is 1.41 bits per heavy atom. The second kappa shape index (κ2) is 5.07. The predicted molar refractivity (Wildman–Crippen MR) is 72.5 cm³/mol. The van der Waals surface area contributed by atoms with Crippen LogP contribution in [0.15, 0.2) is 18.2 Å². The van der Waals surface area contributed by atoms with Crippen LogP contribution in [0, 0.1) is 6.92 Å². The fraction of sp³-hybridized carbons (Fsp3) is 0.462. The van der Waals surface area contributed by atoms with Crippen molar-refractivity contribution in [2.75, 3.05) is 19.6 Å². The molecular weight excluding hydrogens is 234 g/mol. The van der Waals surface area contributed by atoms with Crippen molar-refractivity contribution in [3.05, 3.63) is 29.6 Å². The van der Waals surface area contributed by atoms with Crippen molar-refractivity contribution in [1.29, 1.82) is 0 Å². The molecule has 0 unspecified atom stereocenters. The molecular formula is C13H18ClN3. The van der Waals surface area contributed by atoms with Crippen molar-refractivity contribution in [2.24, 2.45) is 7.05 Å². The van der Waals surface area contributed by atoms with Gasteiger partial charge in [-0.25, -0.2) is 4.98 Å². The molecule has 0 radical (unpaired) electrons. The molecule has 0 N–H and O–H groups in total. The van der Waals surface area contributed by atoms with E-state index in [2.05, 4.69) is 32.7 Å².